The average Bonchev–Trinajstić information content (AvgIpc) is 3.59. The van der Waals surface area contributed by atoms with Crippen LogP contribution in [0.2, 0.25) is 0 Å². The number of hydrogen-bond donors (Lipinski definition) is 1. The van der Waals surface area contributed by atoms with Crippen LogP contribution in [-0.4, -0.2) is 23.5 Å². The first-order chi connectivity index (χ1) is 20.2. The number of aromatic nitrogens is 1. The minimum atomic E-state index is -4.20. The van der Waals surface area contributed by atoms with Crippen molar-refractivity contribution in [2.75, 3.05) is 0 Å². The van der Waals surface area contributed by atoms with Gasteiger partial charge in [0.05, 0.1) is 28.2 Å². The Bertz CT molecular complexity index is 2160. The number of thiophene rings is 1. The zero-order valence-electron chi connectivity index (χ0n) is 22.1. The van der Waals surface area contributed by atoms with E-state index in [9.17, 15) is 22.7 Å². The monoisotopic (exact) mass is 592 g/mol. The summed E-state index contributed by atoms with van der Waals surface area (Å²) in [6, 6.07) is 25.8. The highest BCUT2D eigenvalue weighted by Crippen LogP contribution is 2.48. The second-order valence-electron chi connectivity index (χ2n) is 9.68. The first kappa shape index (κ1) is 27.1. The summed E-state index contributed by atoms with van der Waals surface area (Å²) in [4.78, 5) is 15.1. The van der Waals surface area contributed by atoms with E-state index in [2.05, 4.69) is 4.85 Å². The van der Waals surface area contributed by atoms with Gasteiger partial charge in [-0.05, 0) is 72.0 Å². The lowest BCUT2D eigenvalue weighted by molar-refractivity contribution is 0.0697. The summed E-state index contributed by atoms with van der Waals surface area (Å²) in [5.41, 5.74) is 4.55. The number of carbonyl (C=O) groups is 1. The number of fused-ring (bicyclic) bond motifs is 1. The van der Waals surface area contributed by atoms with Crippen LogP contribution in [-0.2, 0) is 10.0 Å². The molecule has 0 atom stereocenters. The predicted molar refractivity (Wildman–Crippen MR) is 163 cm³/mol. The molecule has 2 heterocycles. The van der Waals surface area contributed by atoms with Gasteiger partial charge in [0.25, 0.3) is 10.0 Å². The van der Waals surface area contributed by atoms with E-state index in [0.717, 1.165) is 16.7 Å². The minimum Gasteiger partial charge on any atom is -0.478 e. The van der Waals surface area contributed by atoms with Gasteiger partial charge < -0.3 is 5.11 Å². The molecule has 0 saturated carbocycles. The van der Waals surface area contributed by atoms with Gasteiger partial charge in [0.15, 0.2) is 0 Å². The summed E-state index contributed by atoms with van der Waals surface area (Å²) in [6.07, 6.45) is 0. The van der Waals surface area contributed by atoms with Crippen LogP contribution in [0.25, 0.3) is 49.3 Å². The number of aryl methyl sites for hydroxylation is 1. The molecule has 42 heavy (non-hydrogen) atoms. The number of rotatable bonds is 6. The lowest BCUT2D eigenvalue weighted by Gasteiger charge is -2.15. The van der Waals surface area contributed by atoms with E-state index in [1.807, 2.05) is 19.1 Å². The molecule has 1 N–H and O–H groups in total. The highest BCUT2D eigenvalue weighted by molar-refractivity contribution is 7.90. The smallest absolute Gasteiger partial charge is 0.335 e. The summed E-state index contributed by atoms with van der Waals surface area (Å²) < 4.78 is 44.8. The quantitative estimate of drug-likeness (QED) is 0.196. The third kappa shape index (κ3) is 4.57. The number of hydrogen-bond acceptors (Lipinski definition) is 4. The zero-order chi connectivity index (χ0) is 29.6. The van der Waals surface area contributed by atoms with Crippen molar-refractivity contribution < 1.29 is 22.7 Å². The van der Waals surface area contributed by atoms with Gasteiger partial charge >= 0.3 is 5.97 Å². The van der Waals surface area contributed by atoms with Crippen molar-refractivity contribution in [1.29, 1.82) is 0 Å². The highest BCUT2D eigenvalue weighted by atomic mass is 32.2. The van der Waals surface area contributed by atoms with Gasteiger partial charge in [-0.3, -0.25) is 0 Å². The molecular formula is C33H21FN2O4S2. The van der Waals surface area contributed by atoms with Crippen LogP contribution >= 0.6 is 11.3 Å². The molecule has 206 valence electrons. The van der Waals surface area contributed by atoms with Crippen LogP contribution in [0.4, 0.5) is 9.39 Å². The Kier molecular flexibility index (Phi) is 6.73. The Morgan fingerprint density at radius 1 is 0.905 bits per heavy atom. The third-order valence-electron chi connectivity index (χ3n) is 7.06. The van der Waals surface area contributed by atoms with Crippen LogP contribution in [0.1, 0.15) is 15.9 Å². The first-order valence-corrected chi connectivity index (χ1v) is 15.1. The van der Waals surface area contributed by atoms with Crippen molar-refractivity contribution in [3.05, 3.63) is 131 Å². The van der Waals surface area contributed by atoms with E-state index in [4.69, 9.17) is 6.57 Å². The van der Waals surface area contributed by atoms with Crippen molar-refractivity contribution in [3.63, 3.8) is 0 Å². The molecule has 0 aliphatic rings. The van der Waals surface area contributed by atoms with E-state index < -0.39 is 21.8 Å². The van der Waals surface area contributed by atoms with Crippen LogP contribution in [0, 0.1) is 19.3 Å². The molecule has 0 unspecified atom stereocenters. The van der Waals surface area contributed by atoms with Crippen molar-refractivity contribution in [2.24, 2.45) is 0 Å². The Morgan fingerprint density at radius 3 is 2.31 bits per heavy atom. The molecule has 0 aliphatic carbocycles. The van der Waals surface area contributed by atoms with E-state index >= 15 is 0 Å². The lowest BCUT2D eigenvalue weighted by atomic mass is 9.96. The van der Waals surface area contributed by atoms with Gasteiger partial charge in [-0.15, -0.1) is 0 Å². The molecule has 2 aromatic heterocycles. The normalized spacial score (nSPS) is 11.5. The van der Waals surface area contributed by atoms with Gasteiger partial charge in [0, 0.05) is 22.1 Å². The minimum absolute atomic E-state index is 0.0678. The fourth-order valence-corrected chi connectivity index (χ4v) is 7.29. The Labute approximate surface area is 245 Å². The fourth-order valence-electron chi connectivity index (χ4n) is 5.06. The number of carboxylic acids is 1. The number of aromatic carboxylic acids is 1. The SMILES string of the molecule is [C-]#[N+]c1sccc1-c1c(-c2cccc(-c3ccc(C(=O)O)cc3)c2)n(S(=O)(=O)c2ccc(C)cc2)c2ccc(F)cc12. The summed E-state index contributed by atoms with van der Waals surface area (Å²) in [5, 5.41) is 11.8. The maximum atomic E-state index is 14.8. The largest absolute Gasteiger partial charge is 0.478 e. The van der Waals surface area contributed by atoms with Crippen molar-refractivity contribution in [3.8, 4) is 33.5 Å². The fraction of sp³-hybridized carbons (Fsp3) is 0.0303. The molecule has 6 aromatic rings. The standard InChI is InChI=1S/C33H21FN2O4S2/c1-20-6-13-26(14-7-20)42(39,40)36-29-15-12-25(34)19-28(29)30(27-16-17-41-32(27)35-2)31(36)24-5-3-4-23(18-24)21-8-10-22(11-9-21)33(37)38/h3-19H,1H3,(H,37,38). The second kappa shape index (κ2) is 10.4. The van der Waals surface area contributed by atoms with Gasteiger partial charge in [-0.1, -0.05) is 54.1 Å². The van der Waals surface area contributed by atoms with Crippen molar-refractivity contribution in [1.82, 2.24) is 3.97 Å². The number of benzene rings is 4. The molecule has 9 heteroatoms. The topological polar surface area (TPSA) is 80.7 Å². The van der Waals surface area contributed by atoms with E-state index in [1.165, 1.54) is 45.6 Å². The number of nitrogens with zero attached hydrogens (tertiary/aromatic N) is 2. The summed E-state index contributed by atoms with van der Waals surface area (Å²) >= 11 is 1.22. The molecule has 0 aliphatic heterocycles. The lowest BCUT2D eigenvalue weighted by Crippen LogP contribution is -2.14. The average molecular weight is 593 g/mol. The Balaban J connectivity index is 1.71. The van der Waals surface area contributed by atoms with Crippen LogP contribution in [0.5, 0.6) is 0 Å². The number of halogens is 1. The van der Waals surface area contributed by atoms with Gasteiger partial charge in [0.1, 0.15) is 5.82 Å². The van der Waals surface area contributed by atoms with Crippen LogP contribution < -0.4 is 0 Å². The van der Waals surface area contributed by atoms with Crippen molar-refractivity contribution in [2.45, 2.75) is 11.8 Å². The van der Waals surface area contributed by atoms with E-state index in [0.29, 0.717) is 32.8 Å². The molecule has 0 bridgehead atoms. The van der Waals surface area contributed by atoms with Gasteiger partial charge in [-0.2, -0.15) is 11.3 Å². The second-order valence-corrected chi connectivity index (χ2v) is 12.4. The van der Waals surface area contributed by atoms with E-state index in [1.54, 1.807) is 60.0 Å². The third-order valence-corrected chi connectivity index (χ3v) is 9.60. The van der Waals surface area contributed by atoms with Crippen LogP contribution in [0.15, 0.2) is 107 Å². The molecule has 0 fully saturated rings. The Morgan fingerprint density at radius 2 is 1.62 bits per heavy atom. The molecule has 0 amide bonds. The predicted octanol–water partition coefficient (Wildman–Crippen LogP) is 8.64. The Hall–Kier alpha value is -5.04. The van der Waals surface area contributed by atoms with Gasteiger partial charge in [-0.25, -0.2) is 26.4 Å². The molecule has 4 aromatic carbocycles. The molecule has 6 nitrogen and oxygen atoms in total. The number of carboxylic acid groups (broad SMARTS) is 1. The maximum Gasteiger partial charge on any atom is 0.335 e. The molecule has 0 radical (unpaired) electrons. The molecule has 6 rings (SSSR count). The van der Waals surface area contributed by atoms with E-state index in [-0.39, 0.29) is 16.0 Å². The maximum absolute atomic E-state index is 14.8. The molecule has 0 spiro atoms. The molecule has 0 saturated heterocycles. The van der Waals surface area contributed by atoms with Gasteiger partial charge in [0.2, 0.25) is 5.00 Å². The summed E-state index contributed by atoms with van der Waals surface area (Å²) in [5.74, 6) is -1.57. The van der Waals surface area contributed by atoms with Crippen LogP contribution in [0.3, 0.4) is 0 Å². The van der Waals surface area contributed by atoms with Crippen molar-refractivity contribution >= 4 is 43.2 Å². The first-order valence-electron chi connectivity index (χ1n) is 12.7. The highest BCUT2D eigenvalue weighted by Gasteiger charge is 2.30. The summed E-state index contributed by atoms with van der Waals surface area (Å²) in [7, 11) is -4.20. The summed E-state index contributed by atoms with van der Waals surface area (Å²) in [6.45, 7) is 9.61. The zero-order valence-corrected chi connectivity index (χ0v) is 23.7. The molecular weight excluding hydrogens is 572 g/mol.